The minimum absolute atomic E-state index is 0.145. The van der Waals surface area contributed by atoms with Crippen LogP contribution in [0.3, 0.4) is 0 Å². The minimum Gasteiger partial charge on any atom is -0.395 e. The van der Waals surface area contributed by atoms with Crippen LogP contribution in [-0.4, -0.2) is 17.8 Å². The van der Waals surface area contributed by atoms with Crippen LogP contribution >= 0.6 is 0 Å². The molecule has 2 nitrogen and oxygen atoms in total. The van der Waals surface area contributed by atoms with Gasteiger partial charge in [-0.1, -0.05) is 29.8 Å². The van der Waals surface area contributed by atoms with Crippen LogP contribution in [0.2, 0.25) is 0 Å². The molecule has 0 spiro atoms. The standard InChI is InChI=1S/C12H19NO/c1-9-4-6-12(7-5-9)11(3)13-10(2)8-14/h4-7,10-11,13-14H,8H2,1-3H3/t10-,11?/m0/s1. The molecule has 0 aliphatic heterocycles. The molecule has 0 saturated carbocycles. The van der Waals surface area contributed by atoms with Crippen LogP contribution in [0.4, 0.5) is 0 Å². The first kappa shape index (κ1) is 11.2. The van der Waals surface area contributed by atoms with Gasteiger partial charge in [0.05, 0.1) is 6.61 Å². The fourth-order valence-corrected chi connectivity index (χ4v) is 1.43. The van der Waals surface area contributed by atoms with Gasteiger partial charge in [-0.15, -0.1) is 0 Å². The Hall–Kier alpha value is -0.860. The van der Waals surface area contributed by atoms with Gasteiger partial charge in [0.25, 0.3) is 0 Å². The number of hydrogen-bond donors (Lipinski definition) is 2. The third-order valence-corrected chi connectivity index (χ3v) is 2.39. The molecule has 1 aromatic carbocycles. The molecule has 0 aliphatic carbocycles. The summed E-state index contributed by atoms with van der Waals surface area (Å²) in [4.78, 5) is 0. The maximum Gasteiger partial charge on any atom is 0.0582 e. The fraction of sp³-hybridized carbons (Fsp3) is 0.500. The van der Waals surface area contributed by atoms with Gasteiger partial charge in [-0.05, 0) is 26.3 Å². The first-order chi connectivity index (χ1) is 6.63. The van der Waals surface area contributed by atoms with Crippen molar-refractivity contribution in [1.82, 2.24) is 5.32 Å². The highest BCUT2D eigenvalue weighted by molar-refractivity contribution is 5.23. The van der Waals surface area contributed by atoms with Crippen LogP contribution < -0.4 is 5.32 Å². The first-order valence-electron chi connectivity index (χ1n) is 5.07. The summed E-state index contributed by atoms with van der Waals surface area (Å²) in [5.74, 6) is 0. The van der Waals surface area contributed by atoms with Crippen LogP contribution in [0, 0.1) is 6.92 Å². The average molecular weight is 193 g/mol. The van der Waals surface area contributed by atoms with Crippen molar-refractivity contribution < 1.29 is 5.11 Å². The number of hydrogen-bond acceptors (Lipinski definition) is 2. The van der Waals surface area contributed by atoms with Crippen molar-refractivity contribution >= 4 is 0 Å². The van der Waals surface area contributed by atoms with E-state index in [1.807, 2.05) is 6.92 Å². The molecule has 0 bridgehead atoms. The van der Waals surface area contributed by atoms with E-state index in [1.165, 1.54) is 11.1 Å². The summed E-state index contributed by atoms with van der Waals surface area (Å²) in [5, 5.41) is 12.2. The second-order valence-corrected chi connectivity index (χ2v) is 3.88. The molecule has 0 fully saturated rings. The van der Waals surface area contributed by atoms with Crippen LogP contribution in [0.5, 0.6) is 0 Å². The predicted molar refractivity (Wildman–Crippen MR) is 59.3 cm³/mol. The van der Waals surface area contributed by atoms with Gasteiger partial charge >= 0.3 is 0 Å². The number of nitrogens with one attached hydrogen (secondary N) is 1. The number of benzene rings is 1. The Morgan fingerprint density at radius 3 is 2.29 bits per heavy atom. The smallest absolute Gasteiger partial charge is 0.0582 e. The lowest BCUT2D eigenvalue weighted by atomic mass is 10.1. The fourth-order valence-electron chi connectivity index (χ4n) is 1.43. The monoisotopic (exact) mass is 193 g/mol. The first-order valence-corrected chi connectivity index (χ1v) is 5.07. The van der Waals surface area contributed by atoms with E-state index < -0.39 is 0 Å². The molecule has 78 valence electrons. The van der Waals surface area contributed by atoms with Crippen molar-refractivity contribution in [3.8, 4) is 0 Å². The van der Waals surface area contributed by atoms with Crippen molar-refractivity contribution in [2.45, 2.75) is 32.9 Å². The second-order valence-electron chi connectivity index (χ2n) is 3.88. The third kappa shape index (κ3) is 3.13. The molecule has 1 rings (SSSR count). The van der Waals surface area contributed by atoms with Gasteiger partial charge in [0, 0.05) is 12.1 Å². The van der Waals surface area contributed by atoms with Gasteiger partial charge in [-0.25, -0.2) is 0 Å². The largest absolute Gasteiger partial charge is 0.395 e. The molecule has 1 unspecified atom stereocenters. The molecule has 0 amide bonds. The van der Waals surface area contributed by atoms with Crippen LogP contribution in [-0.2, 0) is 0 Å². The topological polar surface area (TPSA) is 32.3 Å². The zero-order chi connectivity index (χ0) is 10.6. The van der Waals surface area contributed by atoms with E-state index >= 15 is 0 Å². The summed E-state index contributed by atoms with van der Waals surface area (Å²) in [5.41, 5.74) is 2.53. The molecule has 0 saturated heterocycles. The van der Waals surface area contributed by atoms with Crippen LogP contribution in [0.25, 0.3) is 0 Å². The van der Waals surface area contributed by atoms with Crippen molar-refractivity contribution in [3.63, 3.8) is 0 Å². The maximum atomic E-state index is 8.91. The molecule has 1 aromatic rings. The lowest BCUT2D eigenvalue weighted by molar-refractivity contribution is 0.243. The Labute approximate surface area is 86.0 Å². The minimum atomic E-state index is 0.145. The second kappa shape index (κ2) is 5.13. The summed E-state index contributed by atoms with van der Waals surface area (Å²) >= 11 is 0. The third-order valence-electron chi connectivity index (χ3n) is 2.39. The summed E-state index contributed by atoms with van der Waals surface area (Å²) in [6.07, 6.45) is 0. The van der Waals surface area contributed by atoms with Crippen molar-refractivity contribution in [1.29, 1.82) is 0 Å². The Kier molecular flexibility index (Phi) is 4.11. The molecule has 0 aliphatic rings. The van der Waals surface area contributed by atoms with E-state index in [0.29, 0.717) is 0 Å². The molecular formula is C12H19NO. The van der Waals surface area contributed by atoms with E-state index in [9.17, 15) is 0 Å². The van der Waals surface area contributed by atoms with Gasteiger partial charge < -0.3 is 10.4 Å². The Morgan fingerprint density at radius 2 is 1.79 bits per heavy atom. The lowest BCUT2D eigenvalue weighted by Gasteiger charge is -2.18. The molecule has 0 aromatic heterocycles. The van der Waals surface area contributed by atoms with Crippen LogP contribution in [0.1, 0.15) is 31.0 Å². The molecule has 2 N–H and O–H groups in total. The Bertz CT molecular complexity index is 268. The van der Waals surface area contributed by atoms with Gasteiger partial charge in [-0.3, -0.25) is 0 Å². The average Bonchev–Trinajstić information content (AvgIpc) is 2.18. The number of aryl methyl sites for hydroxylation is 1. The normalized spacial score (nSPS) is 15.1. The zero-order valence-corrected chi connectivity index (χ0v) is 9.12. The number of aliphatic hydroxyl groups excluding tert-OH is 1. The van der Waals surface area contributed by atoms with E-state index in [0.717, 1.165) is 0 Å². The predicted octanol–water partition coefficient (Wildman–Crippen LogP) is 2.03. The zero-order valence-electron chi connectivity index (χ0n) is 9.12. The maximum absolute atomic E-state index is 8.91. The van der Waals surface area contributed by atoms with E-state index in [1.54, 1.807) is 0 Å². The highest BCUT2D eigenvalue weighted by Gasteiger charge is 2.07. The van der Waals surface area contributed by atoms with Gasteiger partial charge in [-0.2, -0.15) is 0 Å². The van der Waals surface area contributed by atoms with E-state index in [-0.39, 0.29) is 18.7 Å². The van der Waals surface area contributed by atoms with E-state index in [4.69, 9.17) is 5.11 Å². The summed E-state index contributed by atoms with van der Waals surface area (Å²) < 4.78 is 0. The van der Waals surface area contributed by atoms with Gasteiger partial charge in [0.15, 0.2) is 0 Å². The molecular weight excluding hydrogens is 174 g/mol. The highest BCUT2D eigenvalue weighted by Crippen LogP contribution is 2.13. The quantitative estimate of drug-likeness (QED) is 0.767. The molecule has 0 radical (unpaired) electrons. The SMILES string of the molecule is Cc1ccc(C(C)N[C@@H](C)CO)cc1. The van der Waals surface area contributed by atoms with Crippen molar-refractivity contribution in [2.24, 2.45) is 0 Å². The number of aliphatic hydroxyl groups is 1. The summed E-state index contributed by atoms with van der Waals surface area (Å²) in [6.45, 7) is 6.34. The molecule has 14 heavy (non-hydrogen) atoms. The van der Waals surface area contributed by atoms with Gasteiger partial charge in [0.1, 0.15) is 0 Å². The van der Waals surface area contributed by atoms with Gasteiger partial charge in [0.2, 0.25) is 0 Å². The molecule has 0 heterocycles. The number of rotatable bonds is 4. The Balaban J connectivity index is 2.60. The Morgan fingerprint density at radius 1 is 1.21 bits per heavy atom. The lowest BCUT2D eigenvalue weighted by Crippen LogP contribution is -2.31. The van der Waals surface area contributed by atoms with Crippen molar-refractivity contribution in [2.75, 3.05) is 6.61 Å². The van der Waals surface area contributed by atoms with Crippen LogP contribution in [0.15, 0.2) is 24.3 Å². The summed E-state index contributed by atoms with van der Waals surface area (Å²) in [6, 6.07) is 8.90. The summed E-state index contributed by atoms with van der Waals surface area (Å²) in [7, 11) is 0. The molecule has 2 heteroatoms. The highest BCUT2D eigenvalue weighted by atomic mass is 16.3. The van der Waals surface area contributed by atoms with E-state index in [2.05, 4.69) is 43.4 Å². The molecule has 2 atom stereocenters. The van der Waals surface area contributed by atoms with Crippen molar-refractivity contribution in [3.05, 3.63) is 35.4 Å².